The second-order valence-corrected chi connectivity index (χ2v) is 5.57. The highest BCUT2D eigenvalue weighted by Crippen LogP contribution is 2.24. The van der Waals surface area contributed by atoms with Gasteiger partial charge >= 0.3 is 0 Å². The lowest BCUT2D eigenvalue weighted by Gasteiger charge is -2.39. The minimum absolute atomic E-state index is 0.0395. The highest BCUT2D eigenvalue weighted by molar-refractivity contribution is 5.76. The van der Waals surface area contributed by atoms with Gasteiger partial charge in [0.1, 0.15) is 6.61 Å². The Morgan fingerprint density at radius 2 is 2.15 bits per heavy atom. The number of rotatable bonds is 6. The molecule has 2 aliphatic heterocycles. The Kier molecular flexibility index (Phi) is 6.16. The van der Waals surface area contributed by atoms with Crippen molar-refractivity contribution in [3.8, 4) is 0 Å². The standard InChI is InChI=1S/C14H24F2N2O2/c15-13(16)10-20-9-6-14(19)18-8-2-1-5-12(18)11-4-3-7-17-11/h11-13,17H,1-10H2. The van der Waals surface area contributed by atoms with Crippen molar-refractivity contribution in [2.75, 3.05) is 26.3 Å². The Morgan fingerprint density at radius 3 is 2.85 bits per heavy atom. The van der Waals surface area contributed by atoms with E-state index in [2.05, 4.69) is 5.32 Å². The van der Waals surface area contributed by atoms with E-state index in [1.54, 1.807) is 0 Å². The van der Waals surface area contributed by atoms with Crippen molar-refractivity contribution in [2.24, 2.45) is 0 Å². The topological polar surface area (TPSA) is 41.6 Å². The summed E-state index contributed by atoms with van der Waals surface area (Å²) in [5, 5.41) is 3.47. The molecule has 0 bridgehead atoms. The second-order valence-electron chi connectivity index (χ2n) is 5.57. The van der Waals surface area contributed by atoms with Gasteiger partial charge in [0.15, 0.2) is 0 Å². The lowest BCUT2D eigenvalue weighted by Crippen LogP contribution is -2.52. The quantitative estimate of drug-likeness (QED) is 0.758. The Bertz CT molecular complexity index is 310. The van der Waals surface area contributed by atoms with Crippen LogP contribution in [0.1, 0.15) is 38.5 Å². The zero-order chi connectivity index (χ0) is 14.4. The molecule has 1 N–H and O–H groups in total. The molecule has 2 saturated heterocycles. The maximum Gasteiger partial charge on any atom is 0.261 e. The first kappa shape index (κ1) is 15.6. The number of likely N-dealkylation sites (tertiary alicyclic amines) is 1. The Balaban J connectivity index is 1.79. The van der Waals surface area contributed by atoms with Crippen LogP contribution in [0.25, 0.3) is 0 Å². The van der Waals surface area contributed by atoms with Crippen molar-refractivity contribution in [1.82, 2.24) is 10.2 Å². The Labute approximate surface area is 118 Å². The van der Waals surface area contributed by atoms with Gasteiger partial charge in [-0.25, -0.2) is 8.78 Å². The van der Waals surface area contributed by atoms with Gasteiger partial charge in [0.2, 0.25) is 5.91 Å². The highest BCUT2D eigenvalue weighted by atomic mass is 19.3. The molecule has 2 unspecified atom stereocenters. The molecule has 1 amide bonds. The predicted octanol–water partition coefficient (Wildman–Crippen LogP) is 1.79. The zero-order valence-electron chi connectivity index (χ0n) is 11.8. The molecule has 2 fully saturated rings. The lowest BCUT2D eigenvalue weighted by molar-refractivity contribution is -0.137. The minimum Gasteiger partial charge on any atom is -0.375 e. The second kappa shape index (κ2) is 7.88. The number of hydrogen-bond acceptors (Lipinski definition) is 3. The van der Waals surface area contributed by atoms with Crippen molar-refractivity contribution in [3.63, 3.8) is 0 Å². The van der Waals surface area contributed by atoms with Gasteiger partial charge in [0, 0.05) is 18.6 Å². The molecule has 0 saturated carbocycles. The van der Waals surface area contributed by atoms with Gasteiger partial charge < -0.3 is 15.0 Å². The molecule has 6 heteroatoms. The van der Waals surface area contributed by atoms with E-state index in [1.807, 2.05) is 4.90 Å². The third-order valence-electron chi connectivity index (χ3n) is 4.14. The molecule has 0 aromatic heterocycles. The van der Waals surface area contributed by atoms with E-state index in [9.17, 15) is 13.6 Å². The number of ether oxygens (including phenoxy) is 1. The number of piperidine rings is 1. The van der Waals surface area contributed by atoms with E-state index in [1.165, 1.54) is 6.42 Å². The van der Waals surface area contributed by atoms with E-state index < -0.39 is 13.0 Å². The molecular weight excluding hydrogens is 266 g/mol. The first-order valence-corrected chi connectivity index (χ1v) is 7.57. The number of halogens is 2. The van der Waals surface area contributed by atoms with Crippen molar-refractivity contribution in [1.29, 1.82) is 0 Å². The average molecular weight is 290 g/mol. The molecule has 116 valence electrons. The van der Waals surface area contributed by atoms with E-state index in [4.69, 9.17) is 4.74 Å². The number of carbonyl (C=O) groups is 1. The number of hydrogen-bond donors (Lipinski definition) is 1. The van der Waals surface area contributed by atoms with Crippen molar-refractivity contribution >= 4 is 5.91 Å². The van der Waals surface area contributed by atoms with Crippen LogP contribution in [0.15, 0.2) is 0 Å². The first-order valence-electron chi connectivity index (χ1n) is 7.57. The van der Waals surface area contributed by atoms with Crippen molar-refractivity contribution in [2.45, 2.75) is 57.0 Å². The van der Waals surface area contributed by atoms with Crippen LogP contribution in [0.4, 0.5) is 8.78 Å². The molecule has 0 spiro atoms. The molecule has 2 rings (SSSR count). The van der Waals surface area contributed by atoms with Crippen LogP contribution in [0.2, 0.25) is 0 Å². The number of amides is 1. The van der Waals surface area contributed by atoms with Crippen LogP contribution < -0.4 is 5.32 Å². The van der Waals surface area contributed by atoms with Crippen LogP contribution >= 0.6 is 0 Å². The maximum absolute atomic E-state index is 12.2. The molecule has 2 heterocycles. The molecule has 0 radical (unpaired) electrons. The van der Waals surface area contributed by atoms with Crippen LogP contribution in [-0.2, 0) is 9.53 Å². The number of carbonyl (C=O) groups excluding carboxylic acids is 1. The average Bonchev–Trinajstić information content (AvgIpc) is 2.97. The molecule has 0 aromatic rings. The molecular formula is C14H24F2N2O2. The van der Waals surface area contributed by atoms with Gasteiger partial charge in [-0.05, 0) is 38.6 Å². The first-order chi connectivity index (χ1) is 9.68. The smallest absolute Gasteiger partial charge is 0.261 e. The Hall–Kier alpha value is -0.750. The maximum atomic E-state index is 12.2. The van der Waals surface area contributed by atoms with Crippen LogP contribution in [-0.4, -0.2) is 55.6 Å². The molecule has 20 heavy (non-hydrogen) atoms. The van der Waals surface area contributed by atoms with Crippen molar-refractivity contribution < 1.29 is 18.3 Å². The fourth-order valence-corrected chi connectivity index (χ4v) is 3.20. The zero-order valence-corrected chi connectivity index (χ0v) is 11.8. The SMILES string of the molecule is O=C(CCOCC(F)F)N1CCCCC1C1CCCN1. The summed E-state index contributed by atoms with van der Waals surface area (Å²) in [6.07, 6.45) is 3.27. The van der Waals surface area contributed by atoms with E-state index in [0.717, 1.165) is 38.8 Å². The number of alkyl halides is 2. The highest BCUT2D eigenvalue weighted by Gasteiger charge is 2.33. The lowest BCUT2D eigenvalue weighted by atomic mass is 9.94. The summed E-state index contributed by atoms with van der Waals surface area (Å²) in [5.74, 6) is 0.0395. The van der Waals surface area contributed by atoms with E-state index in [0.29, 0.717) is 6.04 Å². The van der Waals surface area contributed by atoms with Gasteiger partial charge in [-0.1, -0.05) is 0 Å². The predicted molar refractivity (Wildman–Crippen MR) is 71.8 cm³/mol. The largest absolute Gasteiger partial charge is 0.375 e. The van der Waals surface area contributed by atoms with Gasteiger partial charge in [-0.15, -0.1) is 0 Å². The van der Waals surface area contributed by atoms with E-state index in [-0.39, 0.29) is 25.0 Å². The summed E-state index contributed by atoms with van der Waals surface area (Å²) in [6, 6.07) is 0.676. The number of nitrogens with zero attached hydrogens (tertiary/aromatic N) is 1. The fraction of sp³-hybridized carbons (Fsp3) is 0.929. The third kappa shape index (κ3) is 4.38. The number of nitrogens with one attached hydrogen (secondary N) is 1. The summed E-state index contributed by atoms with van der Waals surface area (Å²) in [4.78, 5) is 14.2. The summed E-state index contributed by atoms with van der Waals surface area (Å²) in [7, 11) is 0. The van der Waals surface area contributed by atoms with Crippen LogP contribution in [0, 0.1) is 0 Å². The molecule has 0 aliphatic carbocycles. The monoisotopic (exact) mass is 290 g/mol. The molecule has 4 nitrogen and oxygen atoms in total. The molecule has 2 aliphatic rings. The van der Waals surface area contributed by atoms with Gasteiger partial charge in [0.05, 0.1) is 13.0 Å². The summed E-state index contributed by atoms with van der Waals surface area (Å²) in [6.45, 7) is 1.32. The van der Waals surface area contributed by atoms with Gasteiger partial charge in [-0.3, -0.25) is 4.79 Å². The van der Waals surface area contributed by atoms with Crippen LogP contribution in [0.5, 0.6) is 0 Å². The third-order valence-corrected chi connectivity index (χ3v) is 4.14. The normalized spacial score (nSPS) is 27.2. The van der Waals surface area contributed by atoms with Gasteiger partial charge in [-0.2, -0.15) is 0 Å². The van der Waals surface area contributed by atoms with Crippen LogP contribution in [0.3, 0.4) is 0 Å². The minimum atomic E-state index is -2.46. The molecule has 0 aromatic carbocycles. The summed E-state index contributed by atoms with van der Waals surface area (Å²) >= 11 is 0. The molecule has 2 atom stereocenters. The Morgan fingerprint density at radius 1 is 1.30 bits per heavy atom. The van der Waals surface area contributed by atoms with Gasteiger partial charge in [0.25, 0.3) is 6.43 Å². The van der Waals surface area contributed by atoms with Crippen molar-refractivity contribution in [3.05, 3.63) is 0 Å². The summed E-state index contributed by atoms with van der Waals surface area (Å²) in [5.41, 5.74) is 0. The van der Waals surface area contributed by atoms with E-state index >= 15 is 0 Å². The summed E-state index contributed by atoms with van der Waals surface area (Å²) < 4.78 is 28.7. The fourth-order valence-electron chi connectivity index (χ4n) is 3.20.